The normalized spacial score (nSPS) is 14.9. The zero-order valence-electron chi connectivity index (χ0n) is 14.1. The summed E-state index contributed by atoms with van der Waals surface area (Å²) in [5.74, 6) is 0.388. The van der Waals surface area contributed by atoms with Crippen LogP contribution in [0, 0.1) is 0 Å². The Morgan fingerprint density at radius 2 is 1.82 bits per heavy atom. The van der Waals surface area contributed by atoms with E-state index in [1.165, 1.54) is 0 Å². The lowest BCUT2D eigenvalue weighted by Gasteiger charge is -2.27. The number of nitrogens with zero attached hydrogens (tertiary/aromatic N) is 5. The minimum atomic E-state index is -0.421. The van der Waals surface area contributed by atoms with Crippen LogP contribution in [-0.2, 0) is 0 Å². The van der Waals surface area contributed by atoms with E-state index in [4.69, 9.17) is 11.6 Å². The summed E-state index contributed by atoms with van der Waals surface area (Å²) in [5.41, 5.74) is 3.07. The van der Waals surface area contributed by atoms with Crippen LogP contribution in [0.3, 0.4) is 0 Å². The van der Waals surface area contributed by atoms with Gasteiger partial charge in [0.25, 0.3) is 5.56 Å². The number of H-pyrrole nitrogens is 1. The molecule has 0 saturated carbocycles. The van der Waals surface area contributed by atoms with E-state index in [-0.39, 0.29) is 5.56 Å². The fraction of sp³-hybridized carbons (Fsp3) is 0.0556. The minimum absolute atomic E-state index is 0.343. The SMILES string of the molecule is O=c1[nH]nc(-c2ccc(Cl)cc2)c2c1Nc1nnnn1[C@H]2c1ccc(Br)cc1. The summed E-state index contributed by atoms with van der Waals surface area (Å²) in [6.07, 6.45) is 0. The zero-order chi connectivity index (χ0) is 19.3. The van der Waals surface area contributed by atoms with E-state index in [9.17, 15) is 4.79 Å². The molecule has 0 unspecified atom stereocenters. The van der Waals surface area contributed by atoms with E-state index in [1.807, 2.05) is 36.4 Å². The number of benzene rings is 2. The molecule has 8 nitrogen and oxygen atoms in total. The average Bonchev–Trinajstić information content (AvgIpc) is 3.17. The van der Waals surface area contributed by atoms with E-state index < -0.39 is 6.04 Å². The molecule has 0 aliphatic carbocycles. The van der Waals surface area contributed by atoms with Crippen LogP contribution < -0.4 is 10.9 Å². The van der Waals surface area contributed by atoms with E-state index >= 15 is 0 Å². The highest BCUT2D eigenvalue weighted by atomic mass is 79.9. The molecule has 0 bridgehead atoms. The number of tetrazole rings is 1. The van der Waals surface area contributed by atoms with Crippen molar-refractivity contribution in [1.82, 2.24) is 30.4 Å². The lowest BCUT2D eigenvalue weighted by atomic mass is 9.92. The molecule has 5 rings (SSSR count). The minimum Gasteiger partial charge on any atom is -0.318 e. The van der Waals surface area contributed by atoms with Crippen molar-refractivity contribution >= 4 is 39.2 Å². The van der Waals surface area contributed by atoms with Crippen molar-refractivity contribution in [2.75, 3.05) is 5.32 Å². The zero-order valence-corrected chi connectivity index (χ0v) is 16.4. The number of nitrogens with one attached hydrogen (secondary N) is 2. The van der Waals surface area contributed by atoms with Crippen molar-refractivity contribution < 1.29 is 0 Å². The number of anilines is 2. The predicted molar refractivity (Wildman–Crippen MR) is 108 cm³/mol. The molecule has 0 spiro atoms. The van der Waals surface area contributed by atoms with Crippen LogP contribution in [0.15, 0.2) is 57.8 Å². The van der Waals surface area contributed by atoms with E-state index in [1.54, 1.807) is 16.8 Å². The fourth-order valence-electron chi connectivity index (χ4n) is 3.32. The molecule has 0 amide bonds. The maximum Gasteiger partial charge on any atom is 0.288 e. The first-order valence-electron chi connectivity index (χ1n) is 8.30. The van der Waals surface area contributed by atoms with Gasteiger partial charge in [0.15, 0.2) is 0 Å². The molecule has 10 heteroatoms. The fourth-order valence-corrected chi connectivity index (χ4v) is 3.71. The molecule has 138 valence electrons. The van der Waals surface area contributed by atoms with Gasteiger partial charge in [-0.25, -0.2) is 5.10 Å². The van der Waals surface area contributed by atoms with Crippen molar-refractivity contribution in [1.29, 1.82) is 0 Å². The molecular weight excluding hydrogens is 446 g/mol. The molecular formula is C18H11BrClN7O. The van der Waals surface area contributed by atoms with Gasteiger partial charge < -0.3 is 5.32 Å². The lowest BCUT2D eigenvalue weighted by molar-refractivity contribution is 0.567. The standard InChI is InChI=1S/C18H11BrClN7O/c19-11-5-1-10(2-6-11)16-13-14(9-3-7-12(20)8-4-9)22-23-17(28)15(13)21-18-24-25-26-27(16)18/h1-8,16H,(H,23,28)(H,21,24,26)/t16-/m0/s1. The van der Waals surface area contributed by atoms with Crippen molar-refractivity contribution in [3.63, 3.8) is 0 Å². The van der Waals surface area contributed by atoms with Gasteiger partial charge in [-0.2, -0.15) is 9.78 Å². The van der Waals surface area contributed by atoms with Crippen molar-refractivity contribution in [3.8, 4) is 11.3 Å². The van der Waals surface area contributed by atoms with Crippen LogP contribution in [0.1, 0.15) is 17.2 Å². The second kappa shape index (κ2) is 6.54. The molecule has 1 aliphatic rings. The van der Waals surface area contributed by atoms with Crippen LogP contribution in [0.2, 0.25) is 5.02 Å². The molecule has 3 heterocycles. The van der Waals surface area contributed by atoms with Gasteiger partial charge in [-0.1, -0.05) is 56.9 Å². The third-order valence-corrected chi connectivity index (χ3v) is 5.35. The Balaban J connectivity index is 1.81. The Kier molecular flexibility index (Phi) is 3.99. The number of halogens is 2. The summed E-state index contributed by atoms with van der Waals surface area (Å²) in [6, 6.07) is 14.6. The van der Waals surface area contributed by atoms with Gasteiger partial charge in [-0.3, -0.25) is 4.79 Å². The maximum atomic E-state index is 12.6. The summed E-state index contributed by atoms with van der Waals surface area (Å²) >= 11 is 9.49. The van der Waals surface area contributed by atoms with Gasteiger partial charge in [0, 0.05) is 20.6 Å². The highest BCUT2D eigenvalue weighted by Gasteiger charge is 2.34. The molecule has 1 atom stereocenters. The Hall–Kier alpha value is -3.04. The summed E-state index contributed by atoms with van der Waals surface area (Å²) in [4.78, 5) is 12.6. The van der Waals surface area contributed by atoms with Gasteiger partial charge in [-0.15, -0.1) is 0 Å². The number of fused-ring (bicyclic) bond motifs is 2. The Bertz CT molecular complexity index is 1230. The van der Waals surface area contributed by atoms with Crippen LogP contribution in [-0.4, -0.2) is 30.4 Å². The molecule has 0 fully saturated rings. The maximum absolute atomic E-state index is 12.6. The van der Waals surface area contributed by atoms with Gasteiger partial charge >= 0.3 is 0 Å². The van der Waals surface area contributed by atoms with Crippen molar-refractivity contribution in [2.45, 2.75) is 6.04 Å². The third-order valence-electron chi connectivity index (χ3n) is 4.57. The molecule has 2 aromatic carbocycles. The molecule has 2 aromatic heterocycles. The monoisotopic (exact) mass is 455 g/mol. The van der Waals surface area contributed by atoms with Crippen LogP contribution in [0.4, 0.5) is 11.6 Å². The van der Waals surface area contributed by atoms with Gasteiger partial charge in [-0.05, 0) is 40.3 Å². The highest BCUT2D eigenvalue weighted by Crippen LogP contribution is 2.41. The summed E-state index contributed by atoms with van der Waals surface area (Å²) in [5, 5.41) is 22.4. The summed E-state index contributed by atoms with van der Waals surface area (Å²) in [6.45, 7) is 0. The van der Waals surface area contributed by atoms with Crippen LogP contribution in [0.5, 0.6) is 0 Å². The first-order valence-corrected chi connectivity index (χ1v) is 9.48. The Morgan fingerprint density at radius 3 is 2.57 bits per heavy atom. The Morgan fingerprint density at radius 1 is 1.07 bits per heavy atom. The smallest absolute Gasteiger partial charge is 0.288 e. The summed E-state index contributed by atoms with van der Waals surface area (Å²) < 4.78 is 2.59. The van der Waals surface area contributed by atoms with Crippen LogP contribution >= 0.6 is 27.5 Å². The second-order valence-corrected chi connectivity index (χ2v) is 7.58. The number of aromatic nitrogens is 6. The quantitative estimate of drug-likeness (QED) is 0.421. The number of hydrogen-bond donors (Lipinski definition) is 2. The number of hydrogen-bond acceptors (Lipinski definition) is 6. The first-order chi connectivity index (χ1) is 13.6. The largest absolute Gasteiger partial charge is 0.318 e. The summed E-state index contributed by atoms with van der Waals surface area (Å²) in [7, 11) is 0. The number of aromatic amines is 1. The average molecular weight is 457 g/mol. The molecule has 28 heavy (non-hydrogen) atoms. The van der Waals surface area contributed by atoms with Gasteiger partial charge in [0.2, 0.25) is 5.95 Å². The van der Waals surface area contributed by atoms with Crippen molar-refractivity contribution in [2.24, 2.45) is 0 Å². The number of rotatable bonds is 2. The predicted octanol–water partition coefficient (Wildman–Crippen LogP) is 3.53. The van der Waals surface area contributed by atoms with Gasteiger partial charge in [0.1, 0.15) is 11.7 Å². The van der Waals surface area contributed by atoms with Crippen LogP contribution in [0.25, 0.3) is 11.3 Å². The lowest BCUT2D eigenvalue weighted by Crippen LogP contribution is -2.29. The van der Waals surface area contributed by atoms with E-state index in [2.05, 4.69) is 47.0 Å². The molecule has 2 N–H and O–H groups in total. The molecule has 0 radical (unpaired) electrons. The molecule has 0 saturated heterocycles. The highest BCUT2D eigenvalue weighted by molar-refractivity contribution is 9.10. The Labute approximate surface area is 171 Å². The van der Waals surface area contributed by atoms with Crippen molar-refractivity contribution in [3.05, 3.63) is 79.5 Å². The van der Waals surface area contributed by atoms with E-state index in [0.29, 0.717) is 27.9 Å². The topological polar surface area (TPSA) is 101 Å². The van der Waals surface area contributed by atoms with E-state index in [0.717, 1.165) is 15.6 Å². The molecule has 4 aromatic rings. The molecule has 1 aliphatic heterocycles. The second-order valence-electron chi connectivity index (χ2n) is 6.22. The third kappa shape index (κ3) is 2.71. The first kappa shape index (κ1) is 17.1. The van der Waals surface area contributed by atoms with Gasteiger partial charge in [0.05, 0.1) is 5.69 Å².